The van der Waals surface area contributed by atoms with Crippen molar-refractivity contribution >= 4 is 57.0 Å². The SMILES string of the molecule is O=C(O)c1ccc(Cn2cc(-c3ccc(Cl)cc3Cl)nc2C=Cc2ccc(-c3cccc(NS(=O)(=O)C(F)(F)F)c3)cc2)cc1. The number of benzene rings is 4. The van der Waals surface area contributed by atoms with E-state index in [0.717, 1.165) is 11.1 Å². The molecule has 1 heterocycles. The van der Waals surface area contributed by atoms with Crippen molar-refractivity contribution in [3.63, 3.8) is 0 Å². The van der Waals surface area contributed by atoms with Crippen LogP contribution in [0.25, 0.3) is 34.5 Å². The fourth-order valence-corrected chi connectivity index (χ4v) is 5.46. The standard InChI is InChI=1S/C32H22Cl2F3N3O4S/c33-25-13-14-27(28(34)17-25)29-19-40(18-21-6-11-23(12-7-21)31(41)42)30(38-29)15-8-20-4-9-22(10-5-20)24-2-1-3-26(16-24)39-45(43,44)32(35,36)37/h1-17,19,39H,18H2,(H,41,42). The van der Waals surface area contributed by atoms with E-state index in [4.69, 9.17) is 28.2 Å². The van der Waals surface area contributed by atoms with E-state index in [0.29, 0.717) is 44.8 Å². The van der Waals surface area contributed by atoms with Crippen LogP contribution in [0.3, 0.4) is 0 Å². The summed E-state index contributed by atoms with van der Waals surface area (Å²) >= 11 is 12.5. The van der Waals surface area contributed by atoms with Crippen LogP contribution in [0.15, 0.2) is 97.2 Å². The maximum absolute atomic E-state index is 12.8. The number of carbonyl (C=O) groups is 1. The van der Waals surface area contributed by atoms with Crippen molar-refractivity contribution in [3.05, 3.63) is 130 Å². The van der Waals surface area contributed by atoms with E-state index in [9.17, 15) is 31.5 Å². The highest BCUT2D eigenvalue weighted by Crippen LogP contribution is 2.31. The third-order valence-corrected chi connectivity index (χ3v) is 8.32. The molecule has 5 rings (SSSR count). The van der Waals surface area contributed by atoms with Crippen molar-refractivity contribution in [2.24, 2.45) is 0 Å². The van der Waals surface area contributed by atoms with E-state index < -0.39 is 21.5 Å². The van der Waals surface area contributed by atoms with Gasteiger partial charge in [-0.2, -0.15) is 21.6 Å². The summed E-state index contributed by atoms with van der Waals surface area (Å²) in [6.07, 6.45) is 5.47. The minimum atomic E-state index is -5.54. The molecule has 230 valence electrons. The van der Waals surface area contributed by atoms with E-state index in [1.807, 2.05) is 16.8 Å². The van der Waals surface area contributed by atoms with E-state index in [-0.39, 0.29) is 11.3 Å². The number of aromatic carboxylic acids is 1. The number of alkyl halides is 3. The van der Waals surface area contributed by atoms with Crippen molar-refractivity contribution in [2.75, 3.05) is 4.72 Å². The first-order valence-electron chi connectivity index (χ1n) is 13.1. The van der Waals surface area contributed by atoms with Crippen LogP contribution in [0.4, 0.5) is 18.9 Å². The lowest BCUT2D eigenvalue weighted by Gasteiger charge is -2.11. The minimum Gasteiger partial charge on any atom is -0.478 e. The molecule has 13 heteroatoms. The molecule has 1 aromatic heterocycles. The van der Waals surface area contributed by atoms with Crippen molar-refractivity contribution in [1.82, 2.24) is 9.55 Å². The van der Waals surface area contributed by atoms with Gasteiger partial charge in [-0.3, -0.25) is 4.72 Å². The van der Waals surface area contributed by atoms with Crippen molar-refractivity contribution < 1.29 is 31.5 Å². The van der Waals surface area contributed by atoms with E-state index in [1.54, 1.807) is 71.5 Å². The van der Waals surface area contributed by atoms with E-state index in [2.05, 4.69) is 0 Å². The van der Waals surface area contributed by atoms with E-state index in [1.165, 1.54) is 30.3 Å². The lowest BCUT2D eigenvalue weighted by molar-refractivity contribution is -0.0429. The molecular formula is C32H22Cl2F3N3O4S. The van der Waals surface area contributed by atoms with Gasteiger partial charge >= 0.3 is 21.5 Å². The summed E-state index contributed by atoms with van der Waals surface area (Å²) in [4.78, 5) is 16.0. The zero-order valence-electron chi connectivity index (χ0n) is 23.0. The molecule has 4 aromatic carbocycles. The Kier molecular flexibility index (Phi) is 9.06. The Labute approximate surface area is 266 Å². The zero-order valence-corrected chi connectivity index (χ0v) is 25.3. The summed E-state index contributed by atoms with van der Waals surface area (Å²) < 4.78 is 64.8. The number of imidazole rings is 1. The lowest BCUT2D eigenvalue weighted by Crippen LogP contribution is -2.29. The van der Waals surface area contributed by atoms with Crippen LogP contribution < -0.4 is 4.72 Å². The number of carboxylic acid groups (broad SMARTS) is 1. The summed E-state index contributed by atoms with van der Waals surface area (Å²) in [5.41, 5.74) is -1.36. The molecule has 0 radical (unpaired) electrons. The number of anilines is 1. The van der Waals surface area contributed by atoms with Crippen LogP contribution in [-0.4, -0.2) is 34.6 Å². The number of halogens is 5. The number of nitrogens with one attached hydrogen (secondary N) is 1. The maximum Gasteiger partial charge on any atom is 0.516 e. The Morgan fingerprint density at radius 1 is 0.911 bits per heavy atom. The number of hydrogen-bond donors (Lipinski definition) is 2. The van der Waals surface area contributed by atoms with Gasteiger partial charge in [0.15, 0.2) is 0 Å². The minimum absolute atomic E-state index is 0.177. The number of carboxylic acids is 1. The van der Waals surface area contributed by atoms with Crippen LogP contribution in [0, 0.1) is 0 Å². The van der Waals surface area contributed by atoms with Gasteiger partial charge in [0.2, 0.25) is 0 Å². The Morgan fingerprint density at radius 3 is 2.27 bits per heavy atom. The summed E-state index contributed by atoms with van der Waals surface area (Å²) in [7, 11) is -5.54. The number of hydrogen-bond acceptors (Lipinski definition) is 4. The van der Waals surface area contributed by atoms with Gasteiger partial charge in [-0.05, 0) is 70.8 Å². The molecule has 0 aliphatic rings. The highest BCUT2D eigenvalue weighted by atomic mass is 35.5. The fourth-order valence-electron chi connectivity index (χ4n) is 4.40. The van der Waals surface area contributed by atoms with Crippen molar-refractivity contribution in [2.45, 2.75) is 12.1 Å². The second kappa shape index (κ2) is 12.8. The van der Waals surface area contributed by atoms with Crippen molar-refractivity contribution in [3.8, 4) is 22.4 Å². The third kappa shape index (κ3) is 7.56. The average molecular weight is 673 g/mol. The fraction of sp³-hybridized carbons (Fsp3) is 0.0625. The van der Waals surface area contributed by atoms with Crippen LogP contribution in [0.1, 0.15) is 27.3 Å². The molecule has 0 fully saturated rings. The van der Waals surface area contributed by atoms with Crippen LogP contribution in [-0.2, 0) is 16.6 Å². The normalized spacial score (nSPS) is 12.0. The molecule has 0 saturated carbocycles. The molecule has 0 aliphatic heterocycles. The van der Waals surface area contributed by atoms with Gasteiger partial charge in [0, 0.05) is 29.0 Å². The molecule has 0 spiro atoms. The monoisotopic (exact) mass is 671 g/mol. The smallest absolute Gasteiger partial charge is 0.478 e. The summed E-state index contributed by atoms with van der Waals surface area (Å²) in [5, 5.41) is 10.1. The maximum atomic E-state index is 12.8. The molecule has 2 N–H and O–H groups in total. The second-order valence-electron chi connectivity index (χ2n) is 9.83. The molecule has 0 atom stereocenters. The Balaban J connectivity index is 1.41. The van der Waals surface area contributed by atoms with Gasteiger partial charge in [0.25, 0.3) is 0 Å². The number of rotatable bonds is 9. The van der Waals surface area contributed by atoms with Gasteiger partial charge in [-0.25, -0.2) is 9.78 Å². The molecule has 0 saturated heterocycles. The Morgan fingerprint density at radius 2 is 1.62 bits per heavy atom. The largest absolute Gasteiger partial charge is 0.516 e. The molecule has 7 nitrogen and oxygen atoms in total. The molecule has 0 aliphatic carbocycles. The van der Waals surface area contributed by atoms with Gasteiger partial charge < -0.3 is 9.67 Å². The van der Waals surface area contributed by atoms with Gasteiger partial charge in [0.1, 0.15) is 5.82 Å². The predicted molar refractivity (Wildman–Crippen MR) is 170 cm³/mol. The molecule has 45 heavy (non-hydrogen) atoms. The first-order valence-corrected chi connectivity index (χ1v) is 15.4. The number of nitrogens with zero attached hydrogens (tertiary/aromatic N) is 2. The lowest BCUT2D eigenvalue weighted by atomic mass is 10.0. The Hall–Kier alpha value is -4.58. The Bertz CT molecular complexity index is 2010. The highest BCUT2D eigenvalue weighted by Gasteiger charge is 2.46. The highest BCUT2D eigenvalue weighted by molar-refractivity contribution is 7.93. The first-order chi connectivity index (χ1) is 21.3. The summed E-state index contributed by atoms with van der Waals surface area (Å²) in [6.45, 7) is 0.394. The predicted octanol–water partition coefficient (Wildman–Crippen LogP) is 8.70. The van der Waals surface area contributed by atoms with Crippen molar-refractivity contribution in [1.29, 1.82) is 0 Å². The molecule has 0 unspecified atom stereocenters. The number of sulfonamides is 1. The van der Waals surface area contributed by atoms with Gasteiger partial charge in [0.05, 0.1) is 16.3 Å². The molecule has 0 amide bonds. The van der Waals surface area contributed by atoms with E-state index >= 15 is 0 Å². The van der Waals surface area contributed by atoms with Crippen LogP contribution in [0.5, 0.6) is 0 Å². The van der Waals surface area contributed by atoms with Gasteiger partial charge in [-0.15, -0.1) is 0 Å². The van der Waals surface area contributed by atoms with Crippen LogP contribution >= 0.6 is 23.2 Å². The zero-order chi connectivity index (χ0) is 32.4. The molecule has 5 aromatic rings. The summed E-state index contributed by atoms with van der Waals surface area (Å²) in [5.74, 6) is -0.427. The number of aromatic nitrogens is 2. The van der Waals surface area contributed by atoms with Gasteiger partial charge in [-0.1, -0.05) is 77.8 Å². The summed E-state index contributed by atoms with van der Waals surface area (Å²) in [6, 6.07) is 24.4. The quantitative estimate of drug-likeness (QED) is 0.163. The second-order valence-corrected chi connectivity index (χ2v) is 12.3. The third-order valence-electron chi connectivity index (χ3n) is 6.66. The van der Waals surface area contributed by atoms with Crippen LogP contribution in [0.2, 0.25) is 10.0 Å². The average Bonchev–Trinajstić information content (AvgIpc) is 3.38. The molecule has 0 bridgehead atoms. The topological polar surface area (TPSA) is 101 Å². The molecular weight excluding hydrogens is 650 g/mol. The first kappa shape index (κ1) is 31.8.